The van der Waals surface area contributed by atoms with Crippen molar-refractivity contribution in [2.75, 3.05) is 5.32 Å². The molecule has 0 atom stereocenters. The van der Waals surface area contributed by atoms with Crippen LogP contribution in [0.5, 0.6) is 0 Å². The SMILES string of the molecule is Cn1cc(C#N)c(NC(=O)c2ccc(Cl)nc2Cl)n1. The summed E-state index contributed by atoms with van der Waals surface area (Å²) in [7, 11) is 1.65. The summed E-state index contributed by atoms with van der Waals surface area (Å²) in [6.45, 7) is 0. The second kappa shape index (κ2) is 5.26. The minimum absolute atomic E-state index is 0.0144. The summed E-state index contributed by atoms with van der Waals surface area (Å²) in [5.74, 6) is -0.342. The van der Waals surface area contributed by atoms with E-state index in [1.807, 2.05) is 6.07 Å². The molecule has 0 saturated heterocycles. The summed E-state index contributed by atoms with van der Waals surface area (Å²) in [6, 6.07) is 4.83. The highest BCUT2D eigenvalue weighted by atomic mass is 35.5. The Morgan fingerprint density at radius 3 is 2.84 bits per heavy atom. The van der Waals surface area contributed by atoms with Gasteiger partial charge in [-0.15, -0.1) is 0 Å². The van der Waals surface area contributed by atoms with E-state index in [2.05, 4.69) is 15.4 Å². The molecule has 8 heteroatoms. The van der Waals surface area contributed by atoms with E-state index in [0.717, 1.165) is 0 Å². The number of hydrogen-bond donors (Lipinski definition) is 1. The van der Waals surface area contributed by atoms with E-state index < -0.39 is 5.91 Å². The molecule has 2 rings (SSSR count). The van der Waals surface area contributed by atoms with Crippen LogP contribution in [-0.4, -0.2) is 20.7 Å². The Balaban J connectivity index is 2.28. The third-order valence-electron chi connectivity index (χ3n) is 2.24. The van der Waals surface area contributed by atoms with E-state index in [1.54, 1.807) is 7.05 Å². The zero-order valence-corrected chi connectivity index (χ0v) is 11.2. The maximum atomic E-state index is 12.0. The van der Waals surface area contributed by atoms with Gasteiger partial charge in [0.2, 0.25) is 0 Å². The number of anilines is 1. The molecular formula is C11H7Cl2N5O. The highest BCUT2D eigenvalue weighted by molar-refractivity contribution is 6.35. The van der Waals surface area contributed by atoms with Gasteiger partial charge < -0.3 is 5.32 Å². The van der Waals surface area contributed by atoms with Crippen molar-refractivity contribution >= 4 is 34.9 Å². The fourth-order valence-electron chi connectivity index (χ4n) is 1.42. The molecule has 0 spiro atoms. The van der Waals surface area contributed by atoms with Crippen LogP contribution in [0, 0.1) is 11.3 Å². The highest BCUT2D eigenvalue weighted by Gasteiger charge is 2.15. The first kappa shape index (κ1) is 13.3. The van der Waals surface area contributed by atoms with Crippen LogP contribution in [-0.2, 0) is 7.05 Å². The molecule has 2 heterocycles. The first-order valence-electron chi connectivity index (χ1n) is 5.08. The molecule has 0 radical (unpaired) electrons. The predicted molar refractivity (Wildman–Crippen MR) is 70.1 cm³/mol. The van der Waals surface area contributed by atoms with E-state index in [-0.39, 0.29) is 27.3 Å². The summed E-state index contributed by atoms with van der Waals surface area (Å²) in [5.41, 5.74) is 0.412. The third kappa shape index (κ3) is 2.84. The van der Waals surface area contributed by atoms with Gasteiger partial charge in [0, 0.05) is 13.2 Å². The van der Waals surface area contributed by atoms with Crippen molar-refractivity contribution in [2.24, 2.45) is 7.05 Å². The number of carbonyl (C=O) groups excluding carboxylic acids is 1. The number of amides is 1. The molecule has 0 unspecified atom stereocenters. The Hall–Kier alpha value is -2.10. The van der Waals surface area contributed by atoms with Crippen molar-refractivity contribution < 1.29 is 4.79 Å². The predicted octanol–water partition coefficient (Wildman–Crippen LogP) is 2.25. The second-order valence-electron chi connectivity index (χ2n) is 3.60. The van der Waals surface area contributed by atoms with Gasteiger partial charge >= 0.3 is 0 Å². The van der Waals surface area contributed by atoms with Crippen LogP contribution in [0.3, 0.4) is 0 Å². The fourth-order valence-corrected chi connectivity index (χ4v) is 1.85. The van der Waals surface area contributed by atoms with Gasteiger partial charge in [-0.25, -0.2) is 4.98 Å². The molecule has 0 aliphatic rings. The molecule has 19 heavy (non-hydrogen) atoms. The number of halogens is 2. The molecule has 0 bridgehead atoms. The molecule has 96 valence electrons. The number of carbonyl (C=O) groups is 1. The van der Waals surface area contributed by atoms with E-state index >= 15 is 0 Å². The van der Waals surface area contributed by atoms with Crippen LogP contribution in [0.25, 0.3) is 0 Å². The van der Waals surface area contributed by atoms with Gasteiger partial charge in [-0.3, -0.25) is 9.48 Å². The standard InChI is InChI=1S/C11H7Cl2N5O/c1-18-5-6(4-14)10(17-18)16-11(19)7-2-3-8(12)15-9(7)13/h2-3,5H,1H3,(H,16,17,19). The number of nitriles is 1. The van der Waals surface area contributed by atoms with Gasteiger partial charge in [0.15, 0.2) is 5.82 Å². The van der Waals surface area contributed by atoms with Crippen molar-refractivity contribution in [1.82, 2.24) is 14.8 Å². The minimum Gasteiger partial charge on any atom is -0.304 e. The lowest BCUT2D eigenvalue weighted by molar-refractivity contribution is 0.102. The van der Waals surface area contributed by atoms with E-state index in [9.17, 15) is 4.79 Å². The number of nitrogens with one attached hydrogen (secondary N) is 1. The number of hydrogen-bond acceptors (Lipinski definition) is 4. The normalized spacial score (nSPS) is 10.0. The summed E-state index contributed by atoms with van der Waals surface area (Å²) in [5, 5.41) is 15.5. The lowest BCUT2D eigenvalue weighted by Gasteiger charge is -2.04. The fraction of sp³-hybridized carbons (Fsp3) is 0.0909. The number of rotatable bonds is 2. The average molecular weight is 296 g/mol. The van der Waals surface area contributed by atoms with Crippen LogP contribution in [0.4, 0.5) is 5.82 Å². The summed E-state index contributed by atoms with van der Waals surface area (Å²) < 4.78 is 1.43. The largest absolute Gasteiger partial charge is 0.304 e. The van der Waals surface area contributed by atoms with Crippen LogP contribution < -0.4 is 5.32 Å². The van der Waals surface area contributed by atoms with Gasteiger partial charge in [-0.05, 0) is 12.1 Å². The van der Waals surface area contributed by atoms with Gasteiger partial charge in [-0.2, -0.15) is 10.4 Å². The Kier molecular flexibility index (Phi) is 3.69. The maximum absolute atomic E-state index is 12.0. The lowest BCUT2D eigenvalue weighted by atomic mass is 10.2. The molecule has 2 aromatic heterocycles. The zero-order valence-electron chi connectivity index (χ0n) is 9.69. The first-order valence-corrected chi connectivity index (χ1v) is 5.84. The number of pyridine rings is 1. The number of aryl methyl sites for hydroxylation is 1. The van der Waals surface area contributed by atoms with Gasteiger partial charge in [0.1, 0.15) is 21.9 Å². The average Bonchev–Trinajstić information content (AvgIpc) is 2.69. The quantitative estimate of drug-likeness (QED) is 0.861. The Morgan fingerprint density at radius 1 is 1.47 bits per heavy atom. The van der Waals surface area contributed by atoms with Gasteiger partial charge in [-0.1, -0.05) is 23.2 Å². The highest BCUT2D eigenvalue weighted by Crippen LogP contribution is 2.19. The van der Waals surface area contributed by atoms with Crippen molar-refractivity contribution in [3.8, 4) is 6.07 Å². The molecule has 1 amide bonds. The Labute approximate surface area is 118 Å². The van der Waals surface area contributed by atoms with Crippen molar-refractivity contribution in [3.05, 3.63) is 39.8 Å². The van der Waals surface area contributed by atoms with Crippen molar-refractivity contribution in [1.29, 1.82) is 5.26 Å². The van der Waals surface area contributed by atoms with Crippen LogP contribution in [0.15, 0.2) is 18.3 Å². The second-order valence-corrected chi connectivity index (χ2v) is 4.35. The maximum Gasteiger partial charge on any atom is 0.260 e. The monoisotopic (exact) mass is 295 g/mol. The summed E-state index contributed by atoms with van der Waals surface area (Å²) >= 11 is 11.5. The lowest BCUT2D eigenvalue weighted by Crippen LogP contribution is -2.14. The first-order chi connectivity index (χ1) is 9.01. The van der Waals surface area contributed by atoms with Crippen LogP contribution >= 0.6 is 23.2 Å². The molecule has 0 aliphatic carbocycles. The van der Waals surface area contributed by atoms with Gasteiger partial charge in [0.05, 0.1) is 5.56 Å². The topological polar surface area (TPSA) is 83.6 Å². The van der Waals surface area contributed by atoms with Crippen molar-refractivity contribution in [2.45, 2.75) is 0 Å². The number of aromatic nitrogens is 3. The van der Waals surface area contributed by atoms with E-state index in [1.165, 1.54) is 23.0 Å². The molecule has 0 aromatic carbocycles. The Bertz CT molecular complexity index is 689. The van der Waals surface area contributed by atoms with E-state index in [4.69, 9.17) is 28.5 Å². The molecular weight excluding hydrogens is 289 g/mol. The van der Waals surface area contributed by atoms with Crippen LogP contribution in [0.1, 0.15) is 15.9 Å². The number of nitrogens with zero attached hydrogens (tertiary/aromatic N) is 4. The zero-order chi connectivity index (χ0) is 14.0. The molecule has 0 aliphatic heterocycles. The third-order valence-corrected chi connectivity index (χ3v) is 2.74. The summed E-state index contributed by atoms with van der Waals surface area (Å²) in [4.78, 5) is 15.7. The van der Waals surface area contributed by atoms with Gasteiger partial charge in [0.25, 0.3) is 5.91 Å². The van der Waals surface area contributed by atoms with E-state index in [0.29, 0.717) is 0 Å². The molecule has 6 nitrogen and oxygen atoms in total. The molecule has 2 aromatic rings. The molecule has 0 saturated carbocycles. The minimum atomic E-state index is -0.510. The molecule has 0 fully saturated rings. The van der Waals surface area contributed by atoms with Crippen molar-refractivity contribution in [3.63, 3.8) is 0 Å². The van der Waals surface area contributed by atoms with Crippen LogP contribution in [0.2, 0.25) is 10.3 Å². The smallest absolute Gasteiger partial charge is 0.260 e. The molecule has 1 N–H and O–H groups in total. The Morgan fingerprint density at radius 2 is 2.21 bits per heavy atom. The summed E-state index contributed by atoms with van der Waals surface area (Å²) in [6.07, 6.45) is 1.50.